The topological polar surface area (TPSA) is 41.1 Å². The summed E-state index contributed by atoms with van der Waals surface area (Å²) < 4.78 is 0. The van der Waals surface area contributed by atoms with E-state index in [1.165, 1.54) is 4.88 Å². The highest BCUT2D eigenvalue weighted by atomic mass is 32.1. The Labute approximate surface area is 107 Å². The molecule has 3 nitrogen and oxygen atoms in total. The Morgan fingerprint density at radius 1 is 1.65 bits per heavy atom. The van der Waals surface area contributed by atoms with Gasteiger partial charge in [0, 0.05) is 23.9 Å². The monoisotopic (exact) mass is 252 g/mol. The maximum absolute atomic E-state index is 12.0. The number of carbonyl (C=O) groups is 1. The van der Waals surface area contributed by atoms with Crippen LogP contribution in [0.1, 0.15) is 18.7 Å². The van der Waals surface area contributed by atoms with Crippen LogP contribution in [0.4, 0.5) is 0 Å². The van der Waals surface area contributed by atoms with E-state index in [1.807, 2.05) is 0 Å². The van der Waals surface area contributed by atoms with Gasteiger partial charge >= 0.3 is 0 Å². The van der Waals surface area contributed by atoms with Crippen LogP contribution in [-0.2, 0) is 11.2 Å². The van der Waals surface area contributed by atoms with Crippen molar-refractivity contribution >= 4 is 17.2 Å². The molecule has 2 N–H and O–H groups in total. The smallest absolute Gasteiger partial charge is 0.224 e. The molecule has 0 saturated carbocycles. The number of carbonyl (C=O) groups excluding carboxylic acids is 1. The van der Waals surface area contributed by atoms with E-state index < -0.39 is 0 Å². The lowest BCUT2D eigenvalue weighted by molar-refractivity contribution is -0.126. The SMILES string of the molecule is CC(Cc1cccs1)NC(=O)C1CNCC1C. The highest BCUT2D eigenvalue weighted by molar-refractivity contribution is 7.09. The van der Waals surface area contributed by atoms with E-state index in [0.29, 0.717) is 5.92 Å². The van der Waals surface area contributed by atoms with Gasteiger partial charge in [0.1, 0.15) is 0 Å². The predicted octanol–water partition coefficient (Wildman–Crippen LogP) is 1.65. The molecule has 17 heavy (non-hydrogen) atoms. The average molecular weight is 252 g/mol. The number of hydrogen-bond acceptors (Lipinski definition) is 3. The highest BCUT2D eigenvalue weighted by Gasteiger charge is 2.29. The van der Waals surface area contributed by atoms with Gasteiger partial charge < -0.3 is 10.6 Å². The van der Waals surface area contributed by atoms with Gasteiger partial charge in [0.05, 0.1) is 5.92 Å². The summed E-state index contributed by atoms with van der Waals surface area (Å²) in [5, 5.41) is 8.46. The van der Waals surface area contributed by atoms with Crippen molar-refractivity contribution in [3.05, 3.63) is 22.4 Å². The fourth-order valence-corrected chi connectivity index (χ4v) is 3.13. The van der Waals surface area contributed by atoms with Crippen LogP contribution in [-0.4, -0.2) is 25.0 Å². The van der Waals surface area contributed by atoms with Crippen molar-refractivity contribution in [2.75, 3.05) is 13.1 Å². The van der Waals surface area contributed by atoms with Gasteiger partial charge in [-0.2, -0.15) is 0 Å². The van der Waals surface area contributed by atoms with Crippen molar-refractivity contribution in [2.45, 2.75) is 26.3 Å². The van der Waals surface area contributed by atoms with E-state index in [-0.39, 0.29) is 17.9 Å². The second-order valence-corrected chi connectivity index (χ2v) is 5.97. The third-order valence-corrected chi connectivity index (χ3v) is 4.23. The molecule has 3 unspecified atom stereocenters. The van der Waals surface area contributed by atoms with E-state index >= 15 is 0 Å². The van der Waals surface area contributed by atoms with Crippen molar-refractivity contribution in [2.24, 2.45) is 11.8 Å². The van der Waals surface area contributed by atoms with Gasteiger partial charge in [-0.1, -0.05) is 13.0 Å². The predicted molar refractivity (Wildman–Crippen MR) is 71.2 cm³/mol. The van der Waals surface area contributed by atoms with Gasteiger partial charge in [0.25, 0.3) is 0 Å². The van der Waals surface area contributed by atoms with Crippen molar-refractivity contribution in [1.29, 1.82) is 0 Å². The van der Waals surface area contributed by atoms with E-state index in [2.05, 4.69) is 42.0 Å². The Morgan fingerprint density at radius 3 is 3.06 bits per heavy atom. The Kier molecular flexibility index (Phi) is 4.18. The van der Waals surface area contributed by atoms with Crippen LogP contribution in [0.15, 0.2) is 17.5 Å². The van der Waals surface area contributed by atoms with Gasteiger partial charge in [0.15, 0.2) is 0 Å². The molecule has 4 heteroatoms. The molecule has 2 heterocycles. The zero-order valence-electron chi connectivity index (χ0n) is 10.4. The lowest BCUT2D eigenvalue weighted by atomic mass is 9.97. The summed E-state index contributed by atoms with van der Waals surface area (Å²) in [6.07, 6.45) is 0.929. The summed E-state index contributed by atoms with van der Waals surface area (Å²) in [5.41, 5.74) is 0. The molecule has 1 aliphatic heterocycles. The molecule has 1 aliphatic rings. The van der Waals surface area contributed by atoms with Gasteiger partial charge in [-0.25, -0.2) is 0 Å². The van der Waals surface area contributed by atoms with Crippen LogP contribution < -0.4 is 10.6 Å². The van der Waals surface area contributed by atoms with Crippen LogP contribution in [0, 0.1) is 11.8 Å². The largest absolute Gasteiger partial charge is 0.353 e. The molecular formula is C13H20N2OS. The summed E-state index contributed by atoms with van der Waals surface area (Å²) in [4.78, 5) is 13.4. The average Bonchev–Trinajstić information content (AvgIpc) is 2.88. The third kappa shape index (κ3) is 3.30. The van der Waals surface area contributed by atoms with Gasteiger partial charge in [-0.15, -0.1) is 11.3 Å². The Hall–Kier alpha value is -0.870. The zero-order valence-corrected chi connectivity index (χ0v) is 11.2. The molecule has 0 bridgehead atoms. The number of hydrogen-bond donors (Lipinski definition) is 2. The summed E-state index contributed by atoms with van der Waals surface area (Å²) in [6.45, 7) is 5.98. The van der Waals surface area contributed by atoms with E-state index in [0.717, 1.165) is 19.5 Å². The number of amides is 1. The lowest BCUT2D eigenvalue weighted by Crippen LogP contribution is -2.40. The first kappa shape index (κ1) is 12.6. The van der Waals surface area contributed by atoms with Crippen LogP contribution in [0.5, 0.6) is 0 Å². The van der Waals surface area contributed by atoms with E-state index in [9.17, 15) is 4.79 Å². The first-order chi connectivity index (χ1) is 8.16. The second-order valence-electron chi connectivity index (χ2n) is 4.94. The highest BCUT2D eigenvalue weighted by Crippen LogP contribution is 2.16. The van der Waals surface area contributed by atoms with Gasteiger partial charge in [0.2, 0.25) is 5.91 Å². The van der Waals surface area contributed by atoms with Crippen LogP contribution in [0.3, 0.4) is 0 Å². The molecule has 0 radical (unpaired) electrons. The van der Waals surface area contributed by atoms with E-state index in [4.69, 9.17) is 0 Å². The fraction of sp³-hybridized carbons (Fsp3) is 0.615. The molecule has 94 valence electrons. The molecule has 0 spiro atoms. The number of rotatable bonds is 4. The minimum Gasteiger partial charge on any atom is -0.353 e. The molecule has 1 amide bonds. The summed E-state index contributed by atoms with van der Waals surface area (Å²) in [6, 6.07) is 4.39. The molecule has 2 rings (SSSR count). The molecule has 0 aliphatic carbocycles. The number of thiophene rings is 1. The standard InChI is InChI=1S/C13H20N2OS/c1-9-7-14-8-12(9)13(16)15-10(2)6-11-4-3-5-17-11/h3-5,9-10,12,14H,6-8H2,1-2H3,(H,15,16). The number of nitrogens with one attached hydrogen (secondary N) is 2. The minimum atomic E-state index is 0.140. The summed E-state index contributed by atoms with van der Waals surface area (Å²) >= 11 is 1.75. The molecule has 3 atom stereocenters. The molecule has 1 fully saturated rings. The maximum atomic E-state index is 12.0. The van der Waals surface area contributed by atoms with Crippen molar-refractivity contribution in [3.8, 4) is 0 Å². The van der Waals surface area contributed by atoms with Crippen LogP contribution in [0.25, 0.3) is 0 Å². The first-order valence-electron chi connectivity index (χ1n) is 6.20. The Balaban J connectivity index is 1.82. The third-order valence-electron chi connectivity index (χ3n) is 3.33. The summed E-state index contributed by atoms with van der Waals surface area (Å²) in [5.74, 6) is 0.788. The fourth-order valence-electron chi connectivity index (χ4n) is 2.29. The molecule has 1 aromatic heterocycles. The van der Waals surface area contributed by atoms with Crippen molar-refractivity contribution in [1.82, 2.24) is 10.6 Å². The quantitative estimate of drug-likeness (QED) is 0.855. The van der Waals surface area contributed by atoms with Crippen molar-refractivity contribution in [3.63, 3.8) is 0 Å². The van der Waals surface area contributed by atoms with Crippen LogP contribution in [0.2, 0.25) is 0 Å². The first-order valence-corrected chi connectivity index (χ1v) is 7.08. The zero-order chi connectivity index (χ0) is 12.3. The molecule has 1 saturated heterocycles. The van der Waals surface area contributed by atoms with Gasteiger partial charge in [-0.05, 0) is 30.8 Å². The molecular weight excluding hydrogens is 232 g/mol. The second kappa shape index (κ2) is 5.65. The summed E-state index contributed by atoms with van der Waals surface area (Å²) in [7, 11) is 0. The minimum absolute atomic E-state index is 0.140. The Morgan fingerprint density at radius 2 is 2.47 bits per heavy atom. The lowest BCUT2D eigenvalue weighted by Gasteiger charge is -2.18. The van der Waals surface area contributed by atoms with Gasteiger partial charge in [-0.3, -0.25) is 4.79 Å². The normalized spacial score (nSPS) is 25.8. The molecule has 0 aromatic carbocycles. The molecule has 1 aromatic rings. The maximum Gasteiger partial charge on any atom is 0.224 e. The Bertz CT molecular complexity index is 364. The van der Waals surface area contributed by atoms with Crippen molar-refractivity contribution < 1.29 is 4.79 Å². The van der Waals surface area contributed by atoms with E-state index in [1.54, 1.807) is 11.3 Å². The van der Waals surface area contributed by atoms with Crippen LogP contribution >= 0.6 is 11.3 Å².